The first kappa shape index (κ1) is 44.2. The highest BCUT2D eigenvalue weighted by Gasteiger charge is 2.46. The Morgan fingerprint density at radius 1 is 0.320 bits per heavy atom. The molecule has 0 unspecified atom stereocenters. The van der Waals surface area contributed by atoms with Crippen molar-refractivity contribution >= 4 is 38.8 Å². The van der Waals surface area contributed by atoms with Gasteiger partial charge in [0.15, 0.2) is 0 Å². The summed E-state index contributed by atoms with van der Waals surface area (Å²) < 4.78 is 2.38. The molecule has 0 saturated heterocycles. The lowest BCUT2D eigenvalue weighted by Gasteiger charge is -2.35. The van der Waals surface area contributed by atoms with Crippen LogP contribution >= 0.6 is 0 Å². The molecule has 0 atom stereocenters. The van der Waals surface area contributed by atoms with Gasteiger partial charge in [-0.3, -0.25) is 0 Å². The monoisotopic (exact) mass is 956 g/mol. The van der Waals surface area contributed by atoms with Crippen molar-refractivity contribution in [2.45, 2.75) is 18.3 Å². The topological polar surface area (TPSA) is 8.17 Å². The Labute approximate surface area is 439 Å². The third kappa shape index (κ3) is 7.56. The maximum atomic E-state index is 2.51. The maximum absolute atomic E-state index is 2.51. The number of fused-ring (bicyclic) bond motifs is 6. The van der Waals surface area contributed by atoms with Crippen LogP contribution in [0.3, 0.4) is 0 Å². The van der Waals surface area contributed by atoms with Crippen LogP contribution in [0.1, 0.15) is 40.7 Å². The minimum Gasteiger partial charge on any atom is -0.314 e. The number of hydrogen-bond acceptors (Lipinski definition) is 1. The third-order valence-corrected chi connectivity index (χ3v) is 15.8. The first-order valence-corrected chi connectivity index (χ1v) is 26.2. The molecule has 0 saturated carbocycles. The Morgan fingerprint density at radius 3 is 1.55 bits per heavy atom. The molecule has 0 N–H and O–H groups in total. The van der Waals surface area contributed by atoms with Crippen molar-refractivity contribution in [3.8, 4) is 50.2 Å². The highest BCUT2D eigenvalue weighted by molar-refractivity contribution is 6.10. The number of benzene rings is 11. The van der Waals surface area contributed by atoms with E-state index in [0.717, 1.165) is 24.2 Å². The molecule has 0 radical (unpaired) electrons. The lowest BCUT2D eigenvalue weighted by Crippen LogP contribution is -2.29. The van der Waals surface area contributed by atoms with Crippen molar-refractivity contribution in [1.29, 1.82) is 0 Å². The molecule has 2 heteroatoms. The standard InChI is InChI=1S/C73H52N2/c1-5-19-51(20-6-1)54-21-17-22-55(47-54)52-35-40-62(41-36-52)74(64-44-45-66-65-31-13-15-33-69(65)73(70(66)50-64,59-25-7-2-8-26-59)60-27-9-3-10-28-60)63-42-37-53(38-43-63)56-23-18-24-57(48-56)58-39-46-72-68(49-58)67-32-14-16-34-71(67)75(72)61-29-11-4-12-30-61/h1-37,39-42,44-50H,38,43H2. The zero-order valence-corrected chi connectivity index (χ0v) is 41.5. The van der Waals surface area contributed by atoms with Crippen LogP contribution in [0.25, 0.3) is 77.6 Å². The summed E-state index contributed by atoms with van der Waals surface area (Å²) in [5, 5.41) is 2.52. The fourth-order valence-electron chi connectivity index (χ4n) is 12.3. The summed E-state index contributed by atoms with van der Waals surface area (Å²) in [6, 6.07) is 103. The summed E-state index contributed by atoms with van der Waals surface area (Å²) in [4.78, 5) is 2.51. The van der Waals surface area contributed by atoms with Crippen LogP contribution in [0, 0.1) is 0 Å². The van der Waals surface area contributed by atoms with Crippen LogP contribution < -0.4 is 4.90 Å². The molecule has 1 aromatic heterocycles. The van der Waals surface area contributed by atoms with Gasteiger partial charge in [0.25, 0.3) is 0 Å². The zero-order valence-electron chi connectivity index (χ0n) is 41.5. The Morgan fingerprint density at radius 2 is 0.840 bits per heavy atom. The molecule has 2 aliphatic rings. The number of para-hydroxylation sites is 2. The summed E-state index contributed by atoms with van der Waals surface area (Å²) in [6.07, 6.45) is 6.53. The van der Waals surface area contributed by atoms with Gasteiger partial charge in [0.2, 0.25) is 0 Å². The quantitative estimate of drug-likeness (QED) is 0.133. The number of anilines is 2. The number of allylic oxidation sites excluding steroid dienone is 4. The summed E-state index contributed by atoms with van der Waals surface area (Å²) in [6.45, 7) is 0. The number of aromatic nitrogens is 1. The van der Waals surface area contributed by atoms with Crippen molar-refractivity contribution < 1.29 is 0 Å². The second-order valence-electron chi connectivity index (χ2n) is 19.9. The molecule has 1 heterocycles. The van der Waals surface area contributed by atoms with E-state index >= 15 is 0 Å². The normalized spacial score (nSPS) is 13.5. The molecule has 75 heavy (non-hydrogen) atoms. The molecule has 0 spiro atoms. The number of nitrogens with zero attached hydrogens (tertiary/aromatic N) is 2. The van der Waals surface area contributed by atoms with Crippen LogP contribution in [0.15, 0.2) is 297 Å². The van der Waals surface area contributed by atoms with E-state index in [1.165, 1.54) is 111 Å². The molecule has 14 rings (SSSR count). The minimum absolute atomic E-state index is 0.508. The van der Waals surface area contributed by atoms with E-state index in [9.17, 15) is 0 Å². The lowest BCUT2D eigenvalue weighted by atomic mass is 9.67. The van der Waals surface area contributed by atoms with Gasteiger partial charge in [-0.25, -0.2) is 0 Å². The number of rotatable bonds is 10. The van der Waals surface area contributed by atoms with Crippen LogP contribution in [0.2, 0.25) is 0 Å². The van der Waals surface area contributed by atoms with E-state index in [2.05, 4.69) is 301 Å². The summed E-state index contributed by atoms with van der Waals surface area (Å²) in [5.41, 5.74) is 24.2. The molecule has 354 valence electrons. The van der Waals surface area contributed by atoms with Gasteiger partial charge >= 0.3 is 0 Å². The molecule has 0 aliphatic heterocycles. The molecule has 0 fully saturated rings. The van der Waals surface area contributed by atoms with Crippen LogP contribution in [-0.2, 0) is 5.41 Å². The Bertz CT molecular complexity index is 4110. The van der Waals surface area contributed by atoms with Gasteiger partial charge in [-0.05, 0) is 164 Å². The van der Waals surface area contributed by atoms with Crippen LogP contribution in [0.4, 0.5) is 11.4 Å². The molecule has 0 amide bonds. The van der Waals surface area contributed by atoms with Crippen molar-refractivity contribution in [3.05, 3.63) is 325 Å². The summed E-state index contributed by atoms with van der Waals surface area (Å²) in [7, 11) is 0. The average Bonchev–Trinajstić information content (AvgIpc) is 4.07. The molecular formula is C73H52N2. The van der Waals surface area contributed by atoms with Gasteiger partial charge in [-0.15, -0.1) is 0 Å². The van der Waals surface area contributed by atoms with E-state index in [4.69, 9.17) is 0 Å². The fourth-order valence-corrected chi connectivity index (χ4v) is 12.3. The van der Waals surface area contributed by atoms with Crippen molar-refractivity contribution in [3.63, 3.8) is 0 Å². The van der Waals surface area contributed by atoms with E-state index in [1.54, 1.807) is 0 Å². The third-order valence-electron chi connectivity index (χ3n) is 15.8. The average molecular weight is 957 g/mol. The summed E-state index contributed by atoms with van der Waals surface area (Å²) >= 11 is 0. The van der Waals surface area contributed by atoms with Crippen LogP contribution in [0.5, 0.6) is 0 Å². The van der Waals surface area contributed by atoms with Gasteiger partial charge in [0, 0.05) is 33.5 Å². The van der Waals surface area contributed by atoms with Gasteiger partial charge in [-0.2, -0.15) is 0 Å². The van der Waals surface area contributed by atoms with E-state index in [-0.39, 0.29) is 0 Å². The number of hydrogen-bond donors (Lipinski definition) is 0. The maximum Gasteiger partial charge on any atom is 0.0714 e. The highest BCUT2D eigenvalue weighted by atomic mass is 15.1. The van der Waals surface area contributed by atoms with Gasteiger partial charge in [0.05, 0.1) is 16.4 Å². The molecule has 0 bridgehead atoms. The second-order valence-corrected chi connectivity index (χ2v) is 19.9. The Balaban J connectivity index is 0.874. The Hall–Kier alpha value is -9.50. The first-order chi connectivity index (χ1) is 37.2. The smallest absolute Gasteiger partial charge is 0.0714 e. The SMILES string of the molecule is C1=C(c2cccc(-c3ccc4c(c3)c3ccccc3n4-c3ccccc3)c2)CCC(N(c2ccc(-c3cccc(-c4ccccc4)c3)cc2)c2ccc3c(c2)C(c2ccccc2)(c2ccccc2)c2ccccc2-3)=C1. The van der Waals surface area contributed by atoms with Gasteiger partial charge < -0.3 is 9.47 Å². The lowest BCUT2D eigenvalue weighted by molar-refractivity contribution is 0.768. The van der Waals surface area contributed by atoms with Crippen molar-refractivity contribution in [1.82, 2.24) is 4.57 Å². The van der Waals surface area contributed by atoms with Crippen LogP contribution in [-0.4, -0.2) is 4.57 Å². The van der Waals surface area contributed by atoms with E-state index in [0.29, 0.717) is 0 Å². The summed E-state index contributed by atoms with van der Waals surface area (Å²) in [5.74, 6) is 0. The molecule has 2 nitrogen and oxygen atoms in total. The predicted octanol–water partition coefficient (Wildman–Crippen LogP) is 19.0. The predicted molar refractivity (Wildman–Crippen MR) is 315 cm³/mol. The molecular weight excluding hydrogens is 905 g/mol. The molecule has 2 aliphatic carbocycles. The fraction of sp³-hybridized carbons (Fsp3) is 0.0411. The van der Waals surface area contributed by atoms with E-state index in [1.807, 2.05) is 0 Å². The van der Waals surface area contributed by atoms with Gasteiger partial charge in [0.1, 0.15) is 0 Å². The molecule has 11 aromatic carbocycles. The second kappa shape index (κ2) is 18.5. The first-order valence-electron chi connectivity index (χ1n) is 26.2. The largest absolute Gasteiger partial charge is 0.314 e. The van der Waals surface area contributed by atoms with Gasteiger partial charge in [-0.1, -0.05) is 218 Å². The van der Waals surface area contributed by atoms with E-state index < -0.39 is 5.41 Å². The Kier molecular flexibility index (Phi) is 10.9. The zero-order chi connectivity index (χ0) is 49.7. The minimum atomic E-state index is -0.508. The molecule has 12 aromatic rings. The van der Waals surface area contributed by atoms with Crippen molar-refractivity contribution in [2.24, 2.45) is 0 Å². The highest BCUT2D eigenvalue weighted by Crippen LogP contribution is 2.57. The van der Waals surface area contributed by atoms with Crippen molar-refractivity contribution in [2.75, 3.05) is 4.90 Å².